The van der Waals surface area contributed by atoms with Crippen LogP contribution < -0.4 is 0 Å². The lowest BCUT2D eigenvalue weighted by Crippen LogP contribution is -2.58. The normalized spacial score (nSPS) is 36.8. The molecule has 2 fully saturated rings. The van der Waals surface area contributed by atoms with Crippen LogP contribution in [0.1, 0.15) is 59.3 Å². The molecule has 1 unspecified atom stereocenters. The predicted octanol–water partition coefficient (Wildman–Crippen LogP) is 6.04. The number of aliphatic hydroxyl groups is 1. The van der Waals surface area contributed by atoms with Gasteiger partial charge in [0.2, 0.25) is 0 Å². The minimum absolute atomic E-state index is 0.0146. The molecular formula is C21H30OS. The van der Waals surface area contributed by atoms with Crippen LogP contribution in [0.5, 0.6) is 0 Å². The molecule has 126 valence electrons. The largest absolute Gasteiger partial charge is 0.385 e. The number of benzene rings is 1. The SMILES string of the molecule is CC1(C)CCC[C@]2(C)[C@@H]1CCCC2(O)C=CSc1ccccc1. The second-order valence-corrected chi connectivity index (χ2v) is 9.34. The van der Waals surface area contributed by atoms with Gasteiger partial charge in [-0.3, -0.25) is 0 Å². The molecule has 0 amide bonds. The number of thioether (sulfide) groups is 1. The monoisotopic (exact) mass is 330 g/mol. The summed E-state index contributed by atoms with van der Waals surface area (Å²) in [4.78, 5) is 1.23. The Labute approximate surface area is 145 Å². The second-order valence-electron chi connectivity index (χ2n) is 8.36. The van der Waals surface area contributed by atoms with Crippen LogP contribution in [0.4, 0.5) is 0 Å². The molecule has 0 radical (unpaired) electrons. The van der Waals surface area contributed by atoms with Gasteiger partial charge in [0.1, 0.15) is 0 Å². The highest BCUT2D eigenvalue weighted by atomic mass is 32.2. The summed E-state index contributed by atoms with van der Waals surface area (Å²) in [5.41, 5.74) is -0.294. The molecular weight excluding hydrogens is 300 g/mol. The summed E-state index contributed by atoms with van der Waals surface area (Å²) in [6, 6.07) is 10.4. The number of fused-ring (bicyclic) bond motifs is 1. The summed E-state index contributed by atoms with van der Waals surface area (Å²) >= 11 is 1.71. The Morgan fingerprint density at radius 3 is 2.52 bits per heavy atom. The highest BCUT2D eigenvalue weighted by Gasteiger charge is 2.57. The van der Waals surface area contributed by atoms with Gasteiger partial charge >= 0.3 is 0 Å². The van der Waals surface area contributed by atoms with Crippen LogP contribution in [0.25, 0.3) is 0 Å². The van der Waals surface area contributed by atoms with Gasteiger partial charge in [0.05, 0.1) is 5.60 Å². The maximum absolute atomic E-state index is 11.5. The van der Waals surface area contributed by atoms with E-state index in [1.54, 1.807) is 11.8 Å². The third-order valence-electron chi connectivity index (χ3n) is 6.56. The molecule has 2 aliphatic carbocycles. The van der Waals surface area contributed by atoms with E-state index >= 15 is 0 Å². The third kappa shape index (κ3) is 3.13. The summed E-state index contributed by atoms with van der Waals surface area (Å²) in [5, 5.41) is 13.7. The Balaban J connectivity index is 1.81. The van der Waals surface area contributed by atoms with E-state index in [0.29, 0.717) is 11.3 Å². The Morgan fingerprint density at radius 2 is 1.78 bits per heavy atom. The summed E-state index contributed by atoms with van der Waals surface area (Å²) in [5.74, 6) is 0.619. The molecule has 3 rings (SSSR count). The standard InChI is InChI=1S/C21H30OS/c1-19(2)12-8-13-20(3)18(19)11-7-14-21(20,22)15-16-23-17-9-5-4-6-10-17/h4-6,9-10,15-16,18,22H,7-8,11-14H2,1-3H3/t18-,20-,21?/m1/s1. The first-order chi connectivity index (χ1) is 10.9. The lowest BCUT2D eigenvalue weighted by Gasteiger charge is -2.60. The summed E-state index contributed by atoms with van der Waals surface area (Å²) in [6.45, 7) is 7.15. The first-order valence-corrected chi connectivity index (χ1v) is 9.87. The van der Waals surface area contributed by atoms with E-state index in [2.05, 4.69) is 56.5 Å². The maximum Gasteiger partial charge on any atom is 0.0891 e. The molecule has 1 N–H and O–H groups in total. The van der Waals surface area contributed by atoms with Crippen LogP contribution in [-0.2, 0) is 0 Å². The van der Waals surface area contributed by atoms with Crippen molar-refractivity contribution in [3.8, 4) is 0 Å². The second kappa shape index (κ2) is 6.29. The van der Waals surface area contributed by atoms with Crippen molar-refractivity contribution in [1.82, 2.24) is 0 Å². The third-order valence-corrected chi connectivity index (χ3v) is 7.38. The van der Waals surface area contributed by atoms with Crippen molar-refractivity contribution in [2.75, 3.05) is 0 Å². The molecule has 0 bridgehead atoms. The van der Waals surface area contributed by atoms with Crippen LogP contribution in [-0.4, -0.2) is 10.7 Å². The molecule has 1 nitrogen and oxygen atoms in total. The van der Waals surface area contributed by atoms with Crippen LogP contribution in [0.3, 0.4) is 0 Å². The van der Waals surface area contributed by atoms with Gasteiger partial charge in [0.15, 0.2) is 0 Å². The zero-order valence-corrected chi connectivity index (χ0v) is 15.5. The maximum atomic E-state index is 11.5. The van der Waals surface area contributed by atoms with Gasteiger partial charge in [-0.2, -0.15) is 0 Å². The van der Waals surface area contributed by atoms with Gasteiger partial charge in [-0.05, 0) is 67.1 Å². The molecule has 2 saturated carbocycles. The molecule has 0 heterocycles. The Hall–Kier alpha value is -0.730. The molecule has 0 saturated heterocycles. The smallest absolute Gasteiger partial charge is 0.0891 e. The van der Waals surface area contributed by atoms with Gasteiger partial charge in [0, 0.05) is 10.3 Å². The van der Waals surface area contributed by atoms with Crippen LogP contribution >= 0.6 is 11.8 Å². The van der Waals surface area contributed by atoms with Gasteiger partial charge < -0.3 is 5.11 Å². The van der Waals surface area contributed by atoms with Crippen molar-refractivity contribution in [2.24, 2.45) is 16.7 Å². The van der Waals surface area contributed by atoms with Crippen molar-refractivity contribution < 1.29 is 5.11 Å². The minimum atomic E-state index is -0.657. The van der Waals surface area contributed by atoms with Crippen molar-refractivity contribution >= 4 is 11.8 Å². The molecule has 23 heavy (non-hydrogen) atoms. The molecule has 2 aliphatic rings. The molecule has 2 heteroatoms. The van der Waals surface area contributed by atoms with E-state index in [1.165, 1.54) is 24.2 Å². The quantitative estimate of drug-likeness (QED) is 0.682. The summed E-state index contributed by atoms with van der Waals surface area (Å²) in [6.07, 6.45) is 9.11. The average Bonchev–Trinajstić information content (AvgIpc) is 2.50. The molecule has 3 atom stereocenters. The first kappa shape index (κ1) is 17.1. The fourth-order valence-corrected chi connectivity index (χ4v) is 5.97. The molecule has 1 aromatic carbocycles. The average molecular weight is 331 g/mol. The van der Waals surface area contributed by atoms with E-state index in [-0.39, 0.29) is 5.41 Å². The van der Waals surface area contributed by atoms with E-state index in [4.69, 9.17) is 0 Å². The fraction of sp³-hybridized carbons (Fsp3) is 0.619. The number of rotatable bonds is 3. The summed E-state index contributed by atoms with van der Waals surface area (Å²) < 4.78 is 0. The highest BCUT2D eigenvalue weighted by molar-refractivity contribution is 8.02. The Bertz CT molecular complexity index is 564. The van der Waals surface area contributed by atoms with E-state index in [9.17, 15) is 5.11 Å². The lowest BCUT2D eigenvalue weighted by molar-refractivity contribution is -0.157. The zero-order valence-electron chi connectivity index (χ0n) is 14.7. The predicted molar refractivity (Wildman–Crippen MR) is 99.5 cm³/mol. The van der Waals surface area contributed by atoms with Gasteiger partial charge in [-0.15, -0.1) is 0 Å². The van der Waals surface area contributed by atoms with Crippen molar-refractivity contribution in [1.29, 1.82) is 0 Å². The van der Waals surface area contributed by atoms with Crippen molar-refractivity contribution in [2.45, 2.75) is 69.8 Å². The van der Waals surface area contributed by atoms with Crippen LogP contribution in [0.2, 0.25) is 0 Å². The van der Waals surface area contributed by atoms with Gasteiger partial charge in [0.25, 0.3) is 0 Å². The van der Waals surface area contributed by atoms with E-state index in [1.807, 2.05) is 6.07 Å². The molecule has 1 aromatic rings. The van der Waals surface area contributed by atoms with Crippen LogP contribution in [0, 0.1) is 16.7 Å². The Kier molecular flexibility index (Phi) is 4.68. The number of hydrogen-bond acceptors (Lipinski definition) is 2. The van der Waals surface area contributed by atoms with E-state index < -0.39 is 5.60 Å². The lowest BCUT2D eigenvalue weighted by atomic mass is 9.47. The zero-order chi connectivity index (χ0) is 16.6. The topological polar surface area (TPSA) is 20.2 Å². The number of hydrogen-bond donors (Lipinski definition) is 1. The van der Waals surface area contributed by atoms with Crippen molar-refractivity contribution in [3.63, 3.8) is 0 Å². The van der Waals surface area contributed by atoms with Crippen LogP contribution in [0.15, 0.2) is 46.7 Å². The minimum Gasteiger partial charge on any atom is -0.385 e. The Morgan fingerprint density at radius 1 is 1.04 bits per heavy atom. The molecule has 0 aromatic heterocycles. The van der Waals surface area contributed by atoms with Crippen molar-refractivity contribution in [3.05, 3.63) is 41.8 Å². The fourth-order valence-electron chi connectivity index (χ4n) is 5.21. The first-order valence-electron chi connectivity index (χ1n) is 8.99. The molecule has 0 spiro atoms. The summed E-state index contributed by atoms with van der Waals surface area (Å²) in [7, 11) is 0. The highest BCUT2D eigenvalue weighted by Crippen LogP contribution is 2.61. The van der Waals surface area contributed by atoms with Gasteiger partial charge in [-0.1, -0.05) is 57.2 Å². The van der Waals surface area contributed by atoms with Gasteiger partial charge in [-0.25, -0.2) is 0 Å². The molecule has 0 aliphatic heterocycles. The van der Waals surface area contributed by atoms with E-state index in [0.717, 1.165) is 19.3 Å².